The van der Waals surface area contributed by atoms with Crippen LogP contribution in [0.2, 0.25) is 5.02 Å². The minimum Gasteiger partial charge on any atom is -0.465 e. The van der Waals surface area contributed by atoms with Gasteiger partial charge in [0.1, 0.15) is 17.0 Å². The number of hydrogen-bond donors (Lipinski definition) is 3. The maximum Gasteiger partial charge on any atom is 0.351 e. The van der Waals surface area contributed by atoms with Gasteiger partial charge in [-0.15, -0.1) is 11.3 Å². The second-order valence-corrected chi connectivity index (χ2v) is 10.2. The molecule has 3 aromatic heterocycles. The summed E-state index contributed by atoms with van der Waals surface area (Å²) in [6, 6.07) is 8.95. The molecule has 5 rings (SSSR count). The Morgan fingerprint density at radius 3 is 2.79 bits per heavy atom. The number of carbonyl (C=O) groups is 1. The maximum atomic E-state index is 14.9. The molecule has 1 atom stereocenters. The van der Waals surface area contributed by atoms with E-state index in [4.69, 9.17) is 27.5 Å². The number of nitrogens with zero attached hydrogens (tertiary/aromatic N) is 4. The lowest BCUT2D eigenvalue weighted by Crippen LogP contribution is -2.12. The van der Waals surface area contributed by atoms with Crippen molar-refractivity contribution in [1.29, 1.82) is 10.9 Å². The summed E-state index contributed by atoms with van der Waals surface area (Å²) in [6.45, 7) is 0. The highest BCUT2D eigenvalue weighted by molar-refractivity contribution is 7.12. The molecule has 0 spiro atoms. The SMILES string of the molecule is COC(=O)c1scc(-c2cnc([C@@H](CC3CC3)c3ccc(-c4cc(Cl)ccc4N(C=N)N=N)cn3)[nH]2)c1F. The molecule has 1 saturated carbocycles. The smallest absolute Gasteiger partial charge is 0.351 e. The van der Waals surface area contributed by atoms with E-state index in [-0.39, 0.29) is 16.4 Å². The minimum atomic E-state index is -0.711. The number of rotatable bonds is 10. The molecule has 194 valence electrons. The summed E-state index contributed by atoms with van der Waals surface area (Å²) in [5.41, 5.74) is 10.9. The van der Waals surface area contributed by atoms with Crippen molar-refractivity contribution in [3.63, 3.8) is 0 Å². The highest BCUT2D eigenvalue weighted by Gasteiger charge is 2.30. The number of esters is 1. The molecule has 0 saturated heterocycles. The quantitative estimate of drug-likeness (QED) is 0.0637. The Balaban J connectivity index is 1.47. The molecule has 3 N–H and O–H groups in total. The van der Waals surface area contributed by atoms with Gasteiger partial charge < -0.3 is 9.72 Å². The van der Waals surface area contributed by atoms with Crippen molar-refractivity contribution in [3.05, 3.63) is 75.3 Å². The topological polar surface area (TPSA) is 131 Å². The van der Waals surface area contributed by atoms with E-state index in [1.54, 1.807) is 36.0 Å². The highest BCUT2D eigenvalue weighted by Crippen LogP contribution is 2.41. The lowest BCUT2D eigenvalue weighted by atomic mass is 9.95. The summed E-state index contributed by atoms with van der Waals surface area (Å²) in [5.74, 6) is -0.236. The van der Waals surface area contributed by atoms with Crippen molar-refractivity contribution in [3.8, 4) is 22.4 Å². The van der Waals surface area contributed by atoms with Crippen LogP contribution in [0.3, 0.4) is 0 Å². The van der Waals surface area contributed by atoms with Crippen LogP contribution in [-0.2, 0) is 4.74 Å². The Hall–Kier alpha value is -3.96. The van der Waals surface area contributed by atoms with Gasteiger partial charge in [0.05, 0.1) is 36.3 Å². The molecule has 3 heterocycles. The Morgan fingerprint density at radius 1 is 1.32 bits per heavy atom. The molecule has 0 bridgehead atoms. The standard InChI is InChI=1S/C26H23ClFN7O2S/c1-37-26(36)24-23(28)19(12-38-24)21-11-32-25(33-21)18(8-14-2-3-14)20-6-4-15(10-31-20)17-9-16(27)5-7-22(17)35(13-29)34-30/h4-7,9-14,18,29-30H,2-3,8H2,1H3,(H,32,33)/t18-/m0/s1. The van der Waals surface area contributed by atoms with Crippen LogP contribution >= 0.6 is 22.9 Å². The number of ether oxygens (including phenoxy) is 1. The second-order valence-electron chi connectivity index (χ2n) is 8.90. The summed E-state index contributed by atoms with van der Waals surface area (Å²) >= 11 is 7.23. The number of nitrogens with one attached hydrogen (secondary N) is 3. The molecule has 1 aliphatic carbocycles. The number of H-pyrrole nitrogens is 1. The summed E-state index contributed by atoms with van der Waals surface area (Å²) in [6.07, 6.45) is 7.38. The van der Waals surface area contributed by atoms with Crippen LogP contribution in [0.25, 0.3) is 22.4 Å². The van der Waals surface area contributed by atoms with Crippen LogP contribution in [0.4, 0.5) is 10.1 Å². The molecule has 9 nitrogen and oxygen atoms in total. The molecule has 0 unspecified atom stereocenters. The van der Waals surface area contributed by atoms with Crippen molar-refractivity contribution < 1.29 is 13.9 Å². The van der Waals surface area contributed by atoms with Gasteiger partial charge in [-0.1, -0.05) is 35.7 Å². The lowest BCUT2D eigenvalue weighted by Gasteiger charge is -2.17. The molecule has 12 heteroatoms. The van der Waals surface area contributed by atoms with Gasteiger partial charge in [0.2, 0.25) is 0 Å². The third-order valence-corrected chi connectivity index (χ3v) is 7.64. The largest absolute Gasteiger partial charge is 0.465 e. The Labute approximate surface area is 226 Å². The average molecular weight is 552 g/mol. The first-order chi connectivity index (χ1) is 18.4. The van der Waals surface area contributed by atoms with E-state index in [2.05, 4.69) is 19.9 Å². The van der Waals surface area contributed by atoms with E-state index in [1.807, 2.05) is 12.1 Å². The van der Waals surface area contributed by atoms with Crippen LogP contribution in [0.5, 0.6) is 0 Å². The number of thiophene rings is 1. The number of halogens is 2. The van der Waals surface area contributed by atoms with Crippen molar-refractivity contribution >= 4 is 40.9 Å². The minimum absolute atomic E-state index is 0.0781. The fourth-order valence-corrected chi connectivity index (χ4v) is 5.36. The zero-order valence-electron chi connectivity index (χ0n) is 20.2. The van der Waals surface area contributed by atoms with E-state index in [1.165, 1.54) is 7.11 Å². The van der Waals surface area contributed by atoms with Crippen molar-refractivity contribution in [2.24, 2.45) is 11.1 Å². The summed E-state index contributed by atoms with van der Waals surface area (Å²) in [7, 11) is 1.22. The predicted octanol–water partition coefficient (Wildman–Crippen LogP) is 7.07. The van der Waals surface area contributed by atoms with Crippen LogP contribution < -0.4 is 5.01 Å². The molecule has 0 amide bonds. The van der Waals surface area contributed by atoms with E-state index in [0.717, 1.165) is 53.2 Å². The fourth-order valence-electron chi connectivity index (χ4n) is 4.33. The van der Waals surface area contributed by atoms with Gasteiger partial charge in [0.25, 0.3) is 0 Å². The first-order valence-corrected chi connectivity index (χ1v) is 13.0. The molecule has 0 radical (unpaired) electrons. The summed E-state index contributed by atoms with van der Waals surface area (Å²) in [4.78, 5) is 24.3. The Kier molecular flexibility index (Phi) is 7.30. The van der Waals surface area contributed by atoms with Crippen LogP contribution in [0, 0.1) is 22.7 Å². The molecule has 38 heavy (non-hydrogen) atoms. The Bertz CT molecular complexity index is 1490. The number of methoxy groups -OCH3 is 1. The van der Waals surface area contributed by atoms with E-state index < -0.39 is 11.8 Å². The molecular formula is C26H23ClFN7O2S. The van der Waals surface area contributed by atoms with Gasteiger partial charge in [-0.3, -0.25) is 10.4 Å². The fraction of sp³-hybridized carbons (Fsp3) is 0.231. The van der Waals surface area contributed by atoms with Gasteiger partial charge in [0.15, 0.2) is 5.82 Å². The third kappa shape index (κ3) is 5.07. The molecule has 4 aromatic rings. The number of aromatic amines is 1. The first kappa shape index (κ1) is 25.7. The van der Waals surface area contributed by atoms with E-state index in [0.29, 0.717) is 33.7 Å². The number of carbonyl (C=O) groups excluding carboxylic acids is 1. The Morgan fingerprint density at radius 2 is 2.13 bits per heavy atom. The number of benzene rings is 1. The number of hydrogen-bond acceptors (Lipinski definition) is 8. The third-order valence-electron chi connectivity index (χ3n) is 6.47. The van der Waals surface area contributed by atoms with Crippen LogP contribution in [0.1, 0.15) is 46.4 Å². The van der Waals surface area contributed by atoms with Crippen molar-refractivity contribution in [1.82, 2.24) is 15.0 Å². The van der Waals surface area contributed by atoms with E-state index >= 15 is 0 Å². The van der Waals surface area contributed by atoms with Crippen LogP contribution in [-0.4, -0.2) is 34.4 Å². The zero-order valence-corrected chi connectivity index (χ0v) is 21.8. The number of pyridine rings is 1. The number of aromatic nitrogens is 3. The van der Waals surface area contributed by atoms with Gasteiger partial charge in [0, 0.05) is 33.3 Å². The second kappa shape index (κ2) is 10.8. The van der Waals surface area contributed by atoms with Crippen LogP contribution in [0.15, 0.2) is 53.3 Å². The average Bonchev–Trinajstić information content (AvgIpc) is 3.49. The van der Waals surface area contributed by atoms with Crippen molar-refractivity contribution in [2.75, 3.05) is 12.1 Å². The monoisotopic (exact) mass is 551 g/mol. The summed E-state index contributed by atoms with van der Waals surface area (Å²) in [5, 5.41) is 14.2. The number of imidazole rings is 1. The maximum absolute atomic E-state index is 14.9. The molecule has 1 aromatic carbocycles. The molecular weight excluding hydrogens is 529 g/mol. The summed E-state index contributed by atoms with van der Waals surface area (Å²) < 4.78 is 19.5. The lowest BCUT2D eigenvalue weighted by molar-refractivity contribution is 0.0601. The van der Waals surface area contributed by atoms with Gasteiger partial charge >= 0.3 is 5.97 Å². The zero-order chi connectivity index (χ0) is 26.8. The van der Waals surface area contributed by atoms with Gasteiger partial charge in [-0.25, -0.2) is 19.2 Å². The predicted molar refractivity (Wildman–Crippen MR) is 143 cm³/mol. The molecule has 0 aliphatic heterocycles. The molecule has 1 aliphatic rings. The number of anilines is 1. The first-order valence-electron chi connectivity index (χ1n) is 11.8. The molecule has 1 fully saturated rings. The highest BCUT2D eigenvalue weighted by atomic mass is 35.5. The van der Waals surface area contributed by atoms with Gasteiger partial charge in [-0.05, 0) is 36.6 Å². The van der Waals surface area contributed by atoms with Gasteiger partial charge in [-0.2, -0.15) is 5.53 Å². The normalized spacial score (nSPS) is 13.7. The van der Waals surface area contributed by atoms with E-state index in [9.17, 15) is 9.18 Å². The van der Waals surface area contributed by atoms with Crippen molar-refractivity contribution in [2.45, 2.75) is 25.2 Å².